The number of H-pyrrole nitrogens is 1. The molecule has 4 N–H and O–H groups in total. The number of nitrogens with zero attached hydrogens (tertiary/aromatic N) is 2. The number of hydrogen-bond donors (Lipinski definition) is 3. The second-order valence-electron chi connectivity index (χ2n) is 2.97. The Morgan fingerprint density at radius 1 is 1.62 bits per heavy atom. The van der Waals surface area contributed by atoms with Crippen LogP contribution in [0.25, 0.3) is 0 Å². The van der Waals surface area contributed by atoms with Crippen LogP contribution in [0.1, 0.15) is 5.82 Å². The van der Waals surface area contributed by atoms with Crippen LogP contribution in [0.3, 0.4) is 0 Å². The largest absolute Gasteiger partial charge is 0.475 e. The molecule has 0 saturated carbocycles. The second-order valence-corrected chi connectivity index (χ2v) is 4.20. The lowest BCUT2D eigenvalue weighted by Gasteiger charge is -1.98. The van der Waals surface area contributed by atoms with Gasteiger partial charge in [0.25, 0.3) is 0 Å². The van der Waals surface area contributed by atoms with E-state index < -0.39 is 5.97 Å². The van der Waals surface area contributed by atoms with Crippen LogP contribution in [0.2, 0.25) is 0 Å². The summed E-state index contributed by atoms with van der Waals surface area (Å²) in [6.07, 6.45) is 4.38. The Hall–Kier alpha value is -1.50. The van der Waals surface area contributed by atoms with Crippen molar-refractivity contribution < 1.29 is 9.90 Å². The maximum Gasteiger partial charge on any atom is 0.370 e. The number of amidine groups is 1. The Morgan fingerprint density at radius 3 is 3.06 bits per heavy atom. The minimum absolute atomic E-state index is 0.327. The van der Waals surface area contributed by atoms with Crippen molar-refractivity contribution in [2.45, 2.75) is 6.42 Å². The van der Waals surface area contributed by atoms with Gasteiger partial charge in [0.15, 0.2) is 0 Å². The lowest BCUT2D eigenvalue weighted by atomic mass is 10.5. The Bertz CT molecular complexity index is 350. The highest BCUT2D eigenvalue weighted by Crippen LogP contribution is 2.03. The standard InChI is InChI=1S/C9H14N4O2S/c10-8(9(14)15)13-4-6-16-5-1-7-11-2-3-12-7/h2-3H,1,4-6H2,(H2,10,13)(H,11,12)(H,14,15). The molecular weight excluding hydrogens is 228 g/mol. The highest BCUT2D eigenvalue weighted by atomic mass is 32.2. The summed E-state index contributed by atoms with van der Waals surface area (Å²) < 4.78 is 0. The first-order chi connectivity index (χ1) is 7.70. The lowest BCUT2D eigenvalue weighted by Crippen LogP contribution is -2.23. The highest BCUT2D eigenvalue weighted by Gasteiger charge is 2.01. The van der Waals surface area contributed by atoms with Crippen molar-refractivity contribution in [1.82, 2.24) is 9.97 Å². The number of aryl methyl sites for hydroxylation is 1. The van der Waals surface area contributed by atoms with E-state index in [1.54, 1.807) is 24.2 Å². The average Bonchev–Trinajstić information content (AvgIpc) is 2.75. The maximum absolute atomic E-state index is 10.3. The van der Waals surface area contributed by atoms with Gasteiger partial charge in [0, 0.05) is 30.3 Å². The van der Waals surface area contributed by atoms with Crippen LogP contribution in [-0.4, -0.2) is 44.9 Å². The number of hydrogen-bond acceptors (Lipinski definition) is 4. The minimum Gasteiger partial charge on any atom is -0.475 e. The normalized spacial score (nSPS) is 11.6. The molecule has 0 saturated heterocycles. The fourth-order valence-electron chi connectivity index (χ4n) is 1.00. The van der Waals surface area contributed by atoms with Gasteiger partial charge in [-0.2, -0.15) is 11.8 Å². The third-order valence-electron chi connectivity index (χ3n) is 1.77. The van der Waals surface area contributed by atoms with E-state index in [1.807, 2.05) is 0 Å². The molecule has 0 aliphatic rings. The van der Waals surface area contributed by atoms with Crippen molar-refractivity contribution >= 4 is 23.6 Å². The Kier molecular flexibility index (Phi) is 5.41. The minimum atomic E-state index is -1.17. The SMILES string of the molecule is NC(=NCCSCCc1ncc[nH]1)C(=O)O. The quantitative estimate of drug-likeness (QED) is 0.373. The number of carboxylic acid groups (broad SMARTS) is 1. The summed E-state index contributed by atoms with van der Waals surface area (Å²) in [6.45, 7) is 0.432. The van der Waals surface area contributed by atoms with Crippen LogP contribution in [0.15, 0.2) is 17.4 Å². The summed E-state index contributed by atoms with van der Waals surface area (Å²) in [5.74, 6) is 1.15. The van der Waals surface area contributed by atoms with Gasteiger partial charge in [-0.05, 0) is 0 Å². The molecule has 1 heterocycles. The molecule has 0 amide bonds. The van der Waals surface area contributed by atoms with E-state index in [1.165, 1.54) is 0 Å². The smallest absolute Gasteiger partial charge is 0.370 e. The van der Waals surface area contributed by atoms with Gasteiger partial charge in [0.1, 0.15) is 5.82 Å². The van der Waals surface area contributed by atoms with E-state index >= 15 is 0 Å². The summed E-state index contributed by atoms with van der Waals surface area (Å²) >= 11 is 1.69. The number of aliphatic carboxylic acids is 1. The topological polar surface area (TPSA) is 104 Å². The zero-order valence-electron chi connectivity index (χ0n) is 8.72. The molecule has 6 nitrogen and oxygen atoms in total. The third kappa shape index (κ3) is 4.83. The van der Waals surface area contributed by atoms with E-state index in [9.17, 15) is 4.79 Å². The predicted octanol–water partition coefficient (Wildman–Crippen LogP) is 0.127. The second kappa shape index (κ2) is 6.89. The molecule has 0 radical (unpaired) electrons. The number of aromatic amines is 1. The molecular formula is C9H14N4O2S. The summed E-state index contributed by atoms with van der Waals surface area (Å²) in [4.78, 5) is 21.1. The number of thioether (sulfide) groups is 1. The number of aromatic nitrogens is 2. The molecule has 0 unspecified atom stereocenters. The summed E-state index contributed by atoms with van der Waals surface area (Å²) in [5, 5.41) is 8.43. The van der Waals surface area contributed by atoms with Crippen LogP contribution in [0, 0.1) is 0 Å². The van der Waals surface area contributed by atoms with E-state index in [0.29, 0.717) is 6.54 Å². The van der Waals surface area contributed by atoms with Gasteiger partial charge in [-0.25, -0.2) is 9.78 Å². The molecule has 0 spiro atoms. The van der Waals surface area contributed by atoms with E-state index in [-0.39, 0.29) is 5.84 Å². The molecule has 1 rings (SSSR count). The van der Waals surface area contributed by atoms with Gasteiger partial charge < -0.3 is 15.8 Å². The zero-order chi connectivity index (χ0) is 11.8. The van der Waals surface area contributed by atoms with Crippen molar-refractivity contribution in [2.75, 3.05) is 18.1 Å². The number of aliphatic imine (C=N–C) groups is 1. The van der Waals surface area contributed by atoms with Crippen LogP contribution in [0.4, 0.5) is 0 Å². The number of imidazole rings is 1. The molecule has 0 atom stereocenters. The molecule has 0 aliphatic carbocycles. The molecule has 7 heteroatoms. The number of nitrogens with two attached hydrogens (primary N) is 1. The molecule has 88 valence electrons. The number of carboxylic acids is 1. The molecule has 0 bridgehead atoms. The molecule has 0 aliphatic heterocycles. The van der Waals surface area contributed by atoms with Gasteiger partial charge in [0.2, 0.25) is 5.84 Å². The number of nitrogens with one attached hydrogen (secondary N) is 1. The molecule has 1 aromatic rings. The Morgan fingerprint density at radius 2 is 2.44 bits per heavy atom. The summed E-state index contributed by atoms with van der Waals surface area (Å²) in [5.41, 5.74) is 5.13. The van der Waals surface area contributed by atoms with Gasteiger partial charge in [-0.15, -0.1) is 0 Å². The summed E-state index contributed by atoms with van der Waals surface area (Å²) in [7, 11) is 0. The van der Waals surface area contributed by atoms with E-state index in [0.717, 1.165) is 23.8 Å². The number of carbonyl (C=O) groups is 1. The average molecular weight is 242 g/mol. The Labute approximate surface area is 97.4 Å². The first-order valence-corrected chi connectivity index (χ1v) is 5.95. The van der Waals surface area contributed by atoms with E-state index in [4.69, 9.17) is 10.8 Å². The monoisotopic (exact) mass is 242 g/mol. The first-order valence-electron chi connectivity index (χ1n) is 4.79. The van der Waals surface area contributed by atoms with Gasteiger partial charge in [-0.1, -0.05) is 0 Å². The number of rotatable bonds is 6. The third-order valence-corrected chi connectivity index (χ3v) is 2.74. The molecule has 16 heavy (non-hydrogen) atoms. The van der Waals surface area contributed by atoms with Crippen molar-refractivity contribution in [1.29, 1.82) is 0 Å². The predicted molar refractivity (Wildman–Crippen MR) is 63.7 cm³/mol. The van der Waals surface area contributed by atoms with Gasteiger partial charge >= 0.3 is 5.97 Å². The lowest BCUT2D eigenvalue weighted by molar-refractivity contribution is -0.129. The molecule has 0 fully saturated rings. The van der Waals surface area contributed by atoms with Crippen LogP contribution in [0.5, 0.6) is 0 Å². The van der Waals surface area contributed by atoms with Crippen molar-refractivity contribution in [3.63, 3.8) is 0 Å². The Balaban J connectivity index is 2.04. The van der Waals surface area contributed by atoms with Crippen molar-refractivity contribution in [3.8, 4) is 0 Å². The van der Waals surface area contributed by atoms with E-state index in [2.05, 4.69) is 15.0 Å². The van der Waals surface area contributed by atoms with Crippen LogP contribution >= 0.6 is 11.8 Å². The van der Waals surface area contributed by atoms with Gasteiger partial charge in [-0.3, -0.25) is 4.99 Å². The van der Waals surface area contributed by atoms with Crippen LogP contribution < -0.4 is 5.73 Å². The van der Waals surface area contributed by atoms with Crippen molar-refractivity contribution in [2.24, 2.45) is 10.7 Å². The fraction of sp³-hybridized carbons (Fsp3) is 0.444. The maximum atomic E-state index is 10.3. The molecule has 0 aromatic carbocycles. The van der Waals surface area contributed by atoms with Crippen LogP contribution in [-0.2, 0) is 11.2 Å². The zero-order valence-corrected chi connectivity index (χ0v) is 9.54. The van der Waals surface area contributed by atoms with Gasteiger partial charge in [0.05, 0.1) is 6.54 Å². The van der Waals surface area contributed by atoms with Crippen molar-refractivity contribution in [3.05, 3.63) is 18.2 Å². The first kappa shape index (κ1) is 12.6. The fourth-order valence-corrected chi connectivity index (χ4v) is 1.77. The molecule has 1 aromatic heterocycles. The highest BCUT2D eigenvalue weighted by molar-refractivity contribution is 7.99. The summed E-state index contributed by atoms with van der Waals surface area (Å²) in [6, 6.07) is 0.